The SMILES string of the molecule is C=CN=C(N=C)Nc1ccc(NC(=O)OC(C)(C)C)cc1C. The minimum absolute atomic E-state index is 0.353. The van der Waals surface area contributed by atoms with Crippen molar-refractivity contribution in [3.8, 4) is 0 Å². The summed E-state index contributed by atoms with van der Waals surface area (Å²) in [6.45, 7) is 14.3. The highest BCUT2D eigenvalue weighted by Crippen LogP contribution is 2.20. The first kappa shape index (κ1) is 17.4. The Morgan fingerprint density at radius 3 is 2.50 bits per heavy atom. The Bertz CT molecular complexity index is 601. The molecule has 0 fully saturated rings. The van der Waals surface area contributed by atoms with Gasteiger partial charge in [0.25, 0.3) is 0 Å². The average Bonchev–Trinajstić information content (AvgIpc) is 2.38. The molecule has 1 rings (SSSR count). The molecule has 0 radical (unpaired) electrons. The number of nitrogens with zero attached hydrogens (tertiary/aromatic N) is 2. The lowest BCUT2D eigenvalue weighted by Crippen LogP contribution is -2.27. The van der Waals surface area contributed by atoms with E-state index >= 15 is 0 Å². The van der Waals surface area contributed by atoms with Crippen molar-refractivity contribution in [3.63, 3.8) is 0 Å². The summed E-state index contributed by atoms with van der Waals surface area (Å²) in [5.74, 6) is 0.353. The van der Waals surface area contributed by atoms with Gasteiger partial charge in [0.05, 0.1) is 0 Å². The Hall–Kier alpha value is -2.63. The first-order valence-electron chi connectivity index (χ1n) is 6.78. The van der Waals surface area contributed by atoms with Gasteiger partial charge in [0.2, 0.25) is 5.96 Å². The van der Waals surface area contributed by atoms with E-state index in [4.69, 9.17) is 4.74 Å². The fourth-order valence-electron chi connectivity index (χ4n) is 1.62. The number of carbonyl (C=O) groups excluding carboxylic acids is 1. The van der Waals surface area contributed by atoms with Gasteiger partial charge < -0.3 is 10.1 Å². The van der Waals surface area contributed by atoms with Crippen LogP contribution in [-0.2, 0) is 4.74 Å². The van der Waals surface area contributed by atoms with Gasteiger partial charge in [-0.3, -0.25) is 5.32 Å². The summed E-state index contributed by atoms with van der Waals surface area (Å²) >= 11 is 0. The molecule has 118 valence electrons. The predicted octanol–water partition coefficient (Wildman–Crippen LogP) is 3.95. The normalized spacial score (nSPS) is 11.5. The van der Waals surface area contributed by atoms with Crippen molar-refractivity contribution in [2.75, 3.05) is 10.6 Å². The average molecular weight is 302 g/mol. The van der Waals surface area contributed by atoms with Crippen LogP contribution in [0, 0.1) is 6.92 Å². The maximum Gasteiger partial charge on any atom is 0.412 e. The Kier molecular flexibility index (Phi) is 5.86. The van der Waals surface area contributed by atoms with Crippen LogP contribution in [0.2, 0.25) is 0 Å². The molecule has 0 bridgehead atoms. The molecule has 1 aromatic rings. The Labute approximate surface area is 131 Å². The van der Waals surface area contributed by atoms with Crippen molar-refractivity contribution in [2.45, 2.75) is 33.3 Å². The van der Waals surface area contributed by atoms with Gasteiger partial charge in [-0.25, -0.2) is 14.8 Å². The van der Waals surface area contributed by atoms with E-state index in [2.05, 4.69) is 33.9 Å². The molecular weight excluding hydrogens is 280 g/mol. The van der Waals surface area contributed by atoms with Crippen molar-refractivity contribution < 1.29 is 9.53 Å². The summed E-state index contributed by atoms with van der Waals surface area (Å²) in [6, 6.07) is 5.39. The van der Waals surface area contributed by atoms with Crippen molar-refractivity contribution in [1.82, 2.24) is 0 Å². The number of guanidine groups is 1. The topological polar surface area (TPSA) is 75.1 Å². The highest BCUT2D eigenvalue weighted by atomic mass is 16.6. The molecule has 1 aromatic carbocycles. The number of ether oxygens (including phenoxy) is 1. The molecule has 6 heteroatoms. The van der Waals surface area contributed by atoms with Gasteiger partial charge in [0, 0.05) is 17.6 Å². The second kappa shape index (κ2) is 7.40. The minimum atomic E-state index is -0.535. The molecule has 0 unspecified atom stereocenters. The largest absolute Gasteiger partial charge is 0.444 e. The zero-order valence-corrected chi connectivity index (χ0v) is 13.4. The standard InChI is InChI=1S/C16H22N4O2/c1-7-18-14(17-6)20-13-9-8-12(10-11(13)2)19-15(21)22-16(3,4)5/h7-10H,1,6H2,2-5H3,(H,18,20)(H,19,21). The van der Waals surface area contributed by atoms with E-state index in [1.807, 2.05) is 39.8 Å². The number of anilines is 2. The first-order chi connectivity index (χ1) is 10.2. The van der Waals surface area contributed by atoms with Gasteiger partial charge in [-0.2, -0.15) is 0 Å². The van der Waals surface area contributed by atoms with Crippen LogP contribution in [0.4, 0.5) is 16.2 Å². The van der Waals surface area contributed by atoms with E-state index in [0.29, 0.717) is 11.6 Å². The summed E-state index contributed by atoms with van der Waals surface area (Å²) in [7, 11) is 0. The summed E-state index contributed by atoms with van der Waals surface area (Å²) < 4.78 is 5.21. The van der Waals surface area contributed by atoms with Gasteiger partial charge in [-0.15, -0.1) is 0 Å². The number of aliphatic imine (C=N–C) groups is 2. The first-order valence-corrected chi connectivity index (χ1v) is 6.78. The second-order valence-electron chi connectivity index (χ2n) is 5.57. The molecule has 6 nitrogen and oxygen atoms in total. The van der Waals surface area contributed by atoms with Crippen LogP contribution in [0.3, 0.4) is 0 Å². The fourth-order valence-corrected chi connectivity index (χ4v) is 1.62. The van der Waals surface area contributed by atoms with Crippen LogP contribution in [0.25, 0.3) is 0 Å². The molecule has 0 aromatic heterocycles. The lowest BCUT2D eigenvalue weighted by atomic mass is 10.2. The summed E-state index contributed by atoms with van der Waals surface area (Å²) in [5, 5.41) is 5.71. The van der Waals surface area contributed by atoms with Crippen molar-refractivity contribution in [1.29, 1.82) is 0 Å². The van der Waals surface area contributed by atoms with E-state index in [1.54, 1.807) is 6.07 Å². The van der Waals surface area contributed by atoms with Crippen LogP contribution in [0.15, 0.2) is 41.0 Å². The Balaban J connectivity index is 2.81. The number of amides is 1. The maximum absolute atomic E-state index is 11.7. The van der Waals surface area contributed by atoms with Crippen LogP contribution in [-0.4, -0.2) is 24.4 Å². The van der Waals surface area contributed by atoms with E-state index in [-0.39, 0.29) is 0 Å². The van der Waals surface area contributed by atoms with Crippen molar-refractivity contribution >= 4 is 30.1 Å². The summed E-state index contributed by atoms with van der Waals surface area (Å²) in [4.78, 5) is 19.4. The van der Waals surface area contributed by atoms with Gasteiger partial charge in [0.15, 0.2) is 0 Å². The van der Waals surface area contributed by atoms with Crippen molar-refractivity contribution in [3.05, 3.63) is 36.5 Å². The summed E-state index contributed by atoms with van der Waals surface area (Å²) in [6.07, 6.45) is 0.888. The number of benzene rings is 1. The Morgan fingerprint density at radius 1 is 1.32 bits per heavy atom. The number of carbonyl (C=O) groups is 1. The molecule has 22 heavy (non-hydrogen) atoms. The zero-order valence-electron chi connectivity index (χ0n) is 13.4. The molecule has 0 saturated heterocycles. The lowest BCUT2D eigenvalue weighted by molar-refractivity contribution is 0.0636. The van der Waals surface area contributed by atoms with Crippen LogP contribution in [0.5, 0.6) is 0 Å². The molecule has 0 heterocycles. The second-order valence-corrected chi connectivity index (χ2v) is 5.57. The van der Waals surface area contributed by atoms with Gasteiger partial charge >= 0.3 is 6.09 Å². The zero-order chi connectivity index (χ0) is 16.8. The van der Waals surface area contributed by atoms with Gasteiger partial charge in [-0.1, -0.05) is 6.58 Å². The molecular formula is C16H22N4O2. The highest BCUT2D eigenvalue weighted by molar-refractivity contribution is 5.97. The van der Waals surface area contributed by atoms with Crippen LogP contribution < -0.4 is 10.6 Å². The third kappa shape index (κ3) is 5.78. The van der Waals surface area contributed by atoms with Crippen LogP contribution >= 0.6 is 0 Å². The van der Waals surface area contributed by atoms with E-state index < -0.39 is 11.7 Å². The molecule has 0 aliphatic rings. The number of rotatable bonds is 3. The molecule has 0 saturated carbocycles. The lowest BCUT2D eigenvalue weighted by Gasteiger charge is -2.20. The van der Waals surface area contributed by atoms with E-state index in [9.17, 15) is 4.79 Å². The summed E-state index contributed by atoms with van der Waals surface area (Å²) in [5.41, 5.74) is 1.83. The highest BCUT2D eigenvalue weighted by Gasteiger charge is 2.16. The smallest absolute Gasteiger partial charge is 0.412 e. The monoisotopic (exact) mass is 302 g/mol. The van der Waals surface area contributed by atoms with Crippen molar-refractivity contribution in [2.24, 2.45) is 9.98 Å². The number of hydrogen-bond acceptors (Lipinski definition) is 3. The molecule has 0 aliphatic carbocycles. The Morgan fingerprint density at radius 2 is 2.00 bits per heavy atom. The van der Waals surface area contributed by atoms with Gasteiger partial charge in [-0.05, 0) is 58.2 Å². The maximum atomic E-state index is 11.7. The molecule has 0 atom stereocenters. The molecule has 0 spiro atoms. The predicted molar refractivity (Wildman–Crippen MR) is 91.8 cm³/mol. The number of hydrogen-bond donors (Lipinski definition) is 2. The van der Waals surface area contributed by atoms with E-state index in [1.165, 1.54) is 6.20 Å². The minimum Gasteiger partial charge on any atom is -0.444 e. The quantitative estimate of drug-likeness (QED) is 0.655. The molecule has 2 N–H and O–H groups in total. The van der Waals surface area contributed by atoms with E-state index in [0.717, 1.165) is 11.3 Å². The van der Waals surface area contributed by atoms with Gasteiger partial charge in [0.1, 0.15) is 5.60 Å². The number of nitrogens with one attached hydrogen (secondary N) is 2. The van der Waals surface area contributed by atoms with Crippen LogP contribution in [0.1, 0.15) is 26.3 Å². The third-order valence-electron chi connectivity index (χ3n) is 2.48. The molecule has 0 aliphatic heterocycles. The molecule has 1 amide bonds. The number of aryl methyl sites for hydroxylation is 1. The third-order valence-corrected chi connectivity index (χ3v) is 2.48. The fraction of sp³-hybridized carbons (Fsp3) is 0.312.